The average molecular weight is 477 g/mol. The van der Waals surface area contributed by atoms with Crippen molar-refractivity contribution in [3.63, 3.8) is 0 Å². The highest BCUT2D eigenvalue weighted by Gasteiger charge is 2.05. The zero-order chi connectivity index (χ0) is 23.3. The Morgan fingerprint density at radius 2 is 0.969 bits per heavy atom. The molecule has 2 rings (SSSR count). The van der Waals surface area contributed by atoms with Crippen molar-refractivity contribution in [3.05, 3.63) is 57.6 Å². The van der Waals surface area contributed by atoms with Crippen LogP contribution in [0, 0.1) is 13.8 Å². The van der Waals surface area contributed by atoms with E-state index in [1.165, 1.54) is 12.8 Å². The third-order valence-electron chi connectivity index (χ3n) is 5.47. The Bertz CT molecular complexity index is 826. The third kappa shape index (κ3) is 10.1. The van der Waals surface area contributed by atoms with Gasteiger partial charge in [0.25, 0.3) is 0 Å². The Kier molecular flexibility index (Phi) is 11.6. The minimum atomic E-state index is 0.0381. The summed E-state index contributed by atoms with van der Waals surface area (Å²) in [5, 5.41) is 7.14. The molecule has 4 nitrogen and oxygen atoms in total. The van der Waals surface area contributed by atoms with Crippen LogP contribution < -0.4 is 10.6 Å². The van der Waals surface area contributed by atoms with Gasteiger partial charge in [-0.2, -0.15) is 0 Å². The van der Waals surface area contributed by atoms with E-state index in [9.17, 15) is 9.59 Å². The fourth-order valence-corrected chi connectivity index (χ4v) is 3.78. The minimum absolute atomic E-state index is 0.0381. The Balaban J connectivity index is 1.44. The molecule has 2 N–H and O–H groups in total. The fourth-order valence-electron chi connectivity index (χ4n) is 3.42. The summed E-state index contributed by atoms with van der Waals surface area (Å²) in [5.74, 6) is 0.0761. The Labute approximate surface area is 202 Å². The lowest BCUT2D eigenvalue weighted by Crippen LogP contribution is -2.11. The van der Waals surface area contributed by atoms with Crippen molar-refractivity contribution in [1.29, 1.82) is 0 Å². The first kappa shape index (κ1) is 26.2. The van der Waals surface area contributed by atoms with Gasteiger partial charge in [-0.25, -0.2) is 0 Å². The van der Waals surface area contributed by atoms with Crippen LogP contribution in [0.3, 0.4) is 0 Å². The number of nitrogens with one attached hydrogen (secondary N) is 2. The van der Waals surface area contributed by atoms with Crippen molar-refractivity contribution in [3.8, 4) is 0 Å². The number of rotatable bonds is 13. The van der Waals surface area contributed by atoms with Gasteiger partial charge in [0.05, 0.1) is 0 Å². The molecule has 0 aliphatic rings. The maximum Gasteiger partial charge on any atom is 0.224 e. The molecule has 0 aromatic heterocycles. The Hall–Kier alpha value is -2.04. The van der Waals surface area contributed by atoms with Gasteiger partial charge in [0.1, 0.15) is 0 Å². The first-order valence-electron chi connectivity index (χ1n) is 11.5. The van der Waals surface area contributed by atoms with E-state index in [2.05, 4.69) is 10.6 Å². The van der Waals surface area contributed by atoms with Gasteiger partial charge in [-0.05, 0) is 62.1 Å². The van der Waals surface area contributed by atoms with E-state index in [0.29, 0.717) is 22.9 Å². The number of unbranched alkanes of at least 4 members (excludes halogenated alkanes) is 7. The molecule has 0 unspecified atom stereocenters. The molecule has 0 atom stereocenters. The van der Waals surface area contributed by atoms with Crippen molar-refractivity contribution in [2.24, 2.45) is 0 Å². The molecule has 0 bridgehead atoms. The summed E-state index contributed by atoms with van der Waals surface area (Å²) in [4.78, 5) is 24.0. The molecule has 0 radical (unpaired) electrons. The highest BCUT2D eigenvalue weighted by atomic mass is 35.5. The van der Waals surface area contributed by atoms with Crippen LogP contribution in [0.15, 0.2) is 36.4 Å². The molecule has 32 heavy (non-hydrogen) atoms. The van der Waals surface area contributed by atoms with E-state index < -0.39 is 0 Å². The highest BCUT2D eigenvalue weighted by molar-refractivity contribution is 6.32. The first-order valence-corrected chi connectivity index (χ1v) is 12.2. The van der Waals surface area contributed by atoms with Crippen molar-refractivity contribution in [2.45, 2.75) is 78.1 Å². The third-order valence-corrected chi connectivity index (χ3v) is 6.28. The van der Waals surface area contributed by atoms with Crippen molar-refractivity contribution in [2.75, 3.05) is 10.6 Å². The molecule has 2 aromatic carbocycles. The molecule has 174 valence electrons. The number of benzene rings is 2. The molecule has 2 amide bonds. The Morgan fingerprint density at radius 1 is 0.625 bits per heavy atom. The molecule has 2 aromatic rings. The van der Waals surface area contributed by atoms with Crippen LogP contribution in [-0.2, 0) is 9.59 Å². The summed E-state index contributed by atoms with van der Waals surface area (Å²) in [6.07, 6.45) is 9.60. The number of hydrogen-bond acceptors (Lipinski definition) is 2. The van der Waals surface area contributed by atoms with Crippen LogP contribution in [0.1, 0.15) is 75.3 Å². The molecular weight excluding hydrogens is 443 g/mol. The average Bonchev–Trinajstić information content (AvgIpc) is 2.74. The standard InChI is InChI=1S/C26H34Cl2N2O2/c1-19-13-15-21(17-23(19)27)29-25(31)11-9-7-5-3-4-6-8-10-12-26(32)30-22-16-14-20(2)24(28)18-22/h13-18H,3-12H2,1-2H3,(H,29,31)(H,30,32). The van der Waals surface area contributed by atoms with E-state index in [-0.39, 0.29) is 11.8 Å². The van der Waals surface area contributed by atoms with E-state index >= 15 is 0 Å². The number of aryl methyl sites for hydroxylation is 2. The van der Waals surface area contributed by atoms with Crippen LogP contribution in [0.25, 0.3) is 0 Å². The van der Waals surface area contributed by atoms with Gasteiger partial charge in [0.15, 0.2) is 0 Å². The molecule has 0 fully saturated rings. The second kappa shape index (κ2) is 14.2. The second-order valence-electron chi connectivity index (χ2n) is 8.35. The Morgan fingerprint density at radius 3 is 1.31 bits per heavy atom. The largest absolute Gasteiger partial charge is 0.326 e. The summed E-state index contributed by atoms with van der Waals surface area (Å²) < 4.78 is 0. The normalized spacial score (nSPS) is 10.8. The van der Waals surface area contributed by atoms with Crippen molar-refractivity contribution in [1.82, 2.24) is 0 Å². The molecule has 0 spiro atoms. The van der Waals surface area contributed by atoms with Gasteiger partial charge in [0, 0.05) is 34.3 Å². The van der Waals surface area contributed by atoms with Gasteiger partial charge < -0.3 is 10.6 Å². The fraction of sp³-hybridized carbons (Fsp3) is 0.462. The second-order valence-corrected chi connectivity index (χ2v) is 9.17. The van der Waals surface area contributed by atoms with Crippen LogP contribution in [0.5, 0.6) is 0 Å². The molecule has 0 saturated carbocycles. The summed E-state index contributed by atoms with van der Waals surface area (Å²) in [6, 6.07) is 11.1. The number of anilines is 2. The predicted octanol–water partition coefficient (Wildman–Crippen LogP) is 8.09. The number of carbonyl (C=O) groups is 2. The molecule has 6 heteroatoms. The van der Waals surface area contributed by atoms with Gasteiger partial charge in [-0.15, -0.1) is 0 Å². The summed E-state index contributed by atoms with van der Waals surface area (Å²) in [7, 11) is 0. The van der Waals surface area contributed by atoms with Gasteiger partial charge >= 0.3 is 0 Å². The summed E-state index contributed by atoms with van der Waals surface area (Å²) >= 11 is 12.2. The smallest absolute Gasteiger partial charge is 0.224 e. The number of amides is 2. The highest BCUT2D eigenvalue weighted by Crippen LogP contribution is 2.21. The maximum atomic E-state index is 12.0. The molecular formula is C26H34Cl2N2O2. The zero-order valence-corrected chi connectivity index (χ0v) is 20.6. The molecule has 0 heterocycles. The quantitative estimate of drug-likeness (QED) is 0.287. The molecule has 0 aliphatic carbocycles. The van der Waals surface area contributed by atoms with E-state index in [1.807, 2.05) is 38.1 Å². The lowest BCUT2D eigenvalue weighted by Gasteiger charge is -2.07. The first-order chi connectivity index (χ1) is 15.3. The van der Waals surface area contributed by atoms with E-state index in [0.717, 1.165) is 61.0 Å². The summed E-state index contributed by atoms with van der Waals surface area (Å²) in [6.45, 7) is 3.88. The number of halogens is 2. The van der Waals surface area contributed by atoms with Crippen LogP contribution in [0.4, 0.5) is 11.4 Å². The van der Waals surface area contributed by atoms with Crippen molar-refractivity contribution < 1.29 is 9.59 Å². The number of carbonyl (C=O) groups excluding carboxylic acids is 2. The monoisotopic (exact) mass is 476 g/mol. The van der Waals surface area contributed by atoms with Crippen LogP contribution in [0.2, 0.25) is 10.0 Å². The minimum Gasteiger partial charge on any atom is -0.326 e. The molecule has 0 aliphatic heterocycles. The lowest BCUT2D eigenvalue weighted by molar-refractivity contribution is -0.117. The maximum absolute atomic E-state index is 12.0. The summed E-state index contributed by atoms with van der Waals surface area (Å²) in [5.41, 5.74) is 3.50. The number of hydrogen-bond donors (Lipinski definition) is 2. The predicted molar refractivity (Wildman–Crippen MR) is 136 cm³/mol. The SMILES string of the molecule is Cc1ccc(NC(=O)CCCCCCCCCCC(=O)Nc2ccc(C)c(Cl)c2)cc1Cl. The topological polar surface area (TPSA) is 58.2 Å². The van der Waals surface area contributed by atoms with Crippen molar-refractivity contribution >= 4 is 46.4 Å². The zero-order valence-electron chi connectivity index (χ0n) is 19.1. The van der Waals surface area contributed by atoms with Gasteiger partial charge in [0.2, 0.25) is 11.8 Å². The van der Waals surface area contributed by atoms with E-state index in [4.69, 9.17) is 23.2 Å². The van der Waals surface area contributed by atoms with Gasteiger partial charge in [-0.1, -0.05) is 73.9 Å². The van der Waals surface area contributed by atoms with Crippen LogP contribution in [-0.4, -0.2) is 11.8 Å². The molecule has 0 saturated heterocycles. The lowest BCUT2D eigenvalue weighted by atomic mass is 10.1. The van der Waals surface area contributed by atoms with Crippen LogP contribution >= 0.6 is 23.2 Å². The van der Waals surface area contributed by atoms with Gasteiger partial charge in [-0.3, -0.25) is 9.59 Å². The van der Waals surface area contributed by atoms with E-state index in [1.54, 1.807) is 12.1 Å².